The molecule has 0 amide bonds. The van der Waals surface area contributed by atoms with Crippen LogP contribution in [0, 0.1) is 46.3 Å². The molecule has 1 nitrogen and oxygen atoms in total. The van der Waals surface area contributed by atoms with Crippen LogP contribution in [0.3, 0.4) is 0 Å². The van der Waals surface area contributed by atoms with Gasteiger partial charge in [-0.1, -0.05) is 0 Å². The van der Waals surface area contributed by atoms with Crippen molar-refractivity contribution in [2.75, 3.05) is 0 Å². The van der Waals surface area contributed by atoms with Crippen molar-refractivity contribution in [3.63, 3.8) is 0 Å². The molecule has 3 unspecified atom stereocenters. The maximum atomic E-state index is 13.5. The van der Waals surface area contributed by atoms with E-state index in [0.29, 0.717) is 11.3 Å². The molecular weight excluding hydrogens is 256 g/mol. The molecule has 8 aliphatic rings. The van der Waals surface area contributed by atoms with E-state index in [2.05, 4.69) is 0 Å². The van der Waals surface area contributed by atoms with Gasteiger partial charge in [-0.3, -0.25) is 0 Å². The fourth-order valence-electron chi connectivity index (χ4n) is 9.45. The van der Waals surface area contributed by atoms with Gasteiger partial charge in [-0.05, 0) is 112 Å². The summed E-state index contributed by atoms with van der Waals surface area (Å²) in [4.78, 5) is 0. The van der Waals surface area contributed by atoms with E-state index in [1.54, 1.807) is 0 Å². The first kappa shape index (κ1) is 12.4. The molecule has 0 N–H and O–H groups in total. The first-order valence-corrected chi connectivity index (χ1v) is 9.82. The topological polar surface area (TPSA) is 19.9 Å². The summed E-state index contributed by atoms with van der Waals surface area (Å²) in [6, 6.07) is 0. The lowest BCUT2D eigenvalue weighted by atomic mass is 9.34. The van der Waals surface area contributed by atoms with Crippen molar-refractivity contribution in [3.05, 3.63) is 0 Å². The predicted molar refractivity (Wildman–Crippen MR) is 81.1 cm³/mol. The van der Waals surface area contributed by atoms with Gasteiger partial charge in [0.05, 0.1) is 0 Å². The standard InChI is InChI=1S/C20H29O/c21-18-17-5-15-4-16(6-17)11-20(18,10-15)19-7-12-1-13(8-19)3-14(2-12)9-19/h12-18H,1-11H2. The molecule has 0 aliphatic heterocycles. The van der Waals surface area contributed by atoms with Crippen LogP contribution in [-0.4, -0.2) is 6.10 Å². The number of hydrogen-bond donors (Lipinski definition) is 0. The van der Waals surface area contributed by atoms with Crippen LogP contribution in [0.4, 0.5) is 0 Å². The molecular formula is C20H29O. The van der Waals surface area contributed by atoms with Gasteiger partial charge in [0.15, 0.2) is 0 Å². The number of hydrogen-bond acceptors (Lipinski definition) is 0. The van der Waals surface area contributed by atoms with Crippen molar-refractivity contribution in [3.8, 4) is 0 Å². The van der Waals surface area contributed by atoms with E-state index in [9.17, 15) is 5.11 Å². The van der Waals surface area contributed by atoms with Gasteiger partial charge in [0.1, 0.15) is 6.10 Å². The predicted octanol–water partition coefficient (Wildman–Crippen LogP) is 4.83. The van der Waals surface area contributed by atoms with Crippen LogP contribution in [0.5, 0.6) is 0 Å². The fourth-order valence-corrected chi connectivity index (χ4v) is 9.45. The van der Waals surface area contributed by atoms with Crippen molar-refractivity contribution in [2.45, 2.75) is 76.7 Å². The van der Waals surface area contributed by atoms with Crippen LogP contribution in [-0.2, 0) is 5.11 Å². The quantitative estimate of drug-likeness (QED) is 0.658. The van der Waals surface area contributed by atoms with Gasteiger partial charge in [0.2, 0.25) is 0 Å². The zero-order valence-corrected chi connectivity index (χ0v) is 13.2. The Bertz CT molecular complexity index is 431. The van der Waals surface area contributed by atoms with Gasteiger partial charge < -0.3 is 0 Å². The molecule has 115 valence electrons. The maximum absolute atomic E-state index is 13.5. The largest absolute Gasteiger partial charge is 0.232 e. The second-order valence-electron chi connectivity index (χ2n) is 10.4. The first-order valence-electron chi connectivity index (χ1n) is 9.82. The highest BCUT2D eigenvalue weighted by atomic mass is 16.3. The summed E-state index contributed by atoms with van der Waals surface area (Å²) in [6.07, 6.45) is 15.6. The van der Waals surface area contributed by atoms with Gasteiger partial charge in [0, 0.05) is 5.41 Å². The third-order valence-electron chi connectivity index (χ3n) is 9.31. The molecule has 0 aromatic heterocycles. The highest BCUT2D eigenvalue weighted by molar-refractivity contribution is 5.17. The molecule has 1 heteroatoms. The molecule has 8 fully saturated rings. The molecule has 8 saturated carbocycles. The summed E-state index contributed by atoms with van der Waals surface area (Å²) in [5, 5.41) is 13.5. The minimum atomic E-state index is -0.179. The summed E-state index contributed by atoms with van der Waals surface area (Å²) in [5.41, 5.74) is 0.780. The third kappa shape index (κ3) is 1.39. The molecule has 0 aromatic carbocycles. The Balaban J connectivity index is 1.47. The van der Waals surface area contributed by atoms with Crippen molar-refractivity contribution in [1.82, 2.24) is 0 Å². The Labute approximate surface area is 128 Å². The Hall–Kier alpha value is -0.0400. The second kappa shape index (κ2) is 3.71. The van der Waals surface area contributed by atoms with Crippen LogP contribution in [0.15, 0.2) is 0 Å². The Morgan fingerprint density at radius 1 is 0.571 bits per heavy atom. The molecule has 0 aromatic rings. The van der Waals surface area contributed by atoms with Gasteiger partial charge >= 0.3 is 0 Å². The summed E-state index contributed by atoms with van der Waals surface area (Å²) in [6.45, 7) is 0. The highest BCUT2D eigenvalue weighted by Crippen LogP contribution is 2.74. The minimum absolute atomic E-state index is 0.179. The molecule has 0 heterocycles. The van der Waals surface area contributed by atoms with E-state index in [1.165, 1.54) is 70.6 Å². The summed E-state index contributed by atoms with van der Waals surface area (Å²) in [5.74, 6) is 5.50. The fraction of sp³-hybridized carbons (Fsp3) is 1.00. The Morgan fingerprint density at radius 2 is 1.00 bits per heavy atom. The van der Waals surface area contributed by atoms with Crippen molar-refractivity contribution < 1.29 is 5.11 Å². The van der Waals surface area contributed by atoms with Crippen LogP contribution in [0.25, 0.3) is 0 Å². The molecule has 8 aliphatic carbocycles. The molecule has 3 atom stereocenters. The van der Waals surface area contributed by atoms with Crippen LogP contribution in [0.2, 0.25) is 0 Å². The summed E-state index contributed by atoms with van der Waals surface area (Å²) in [7, 11) is 0. The van der Waals surface area contributed by atoms with Crippen molar-refractivity contribution >= 4 is 0 Å². The lowest BCUT2D eigenvalue weighted by molar-refractivity contribution is -0.266. The van der Waals surface area contributed by atoms with Gasteiger partial charge in [-0.25, -0.2) is 5.11 Å². The number of rotatable bonds is 1. The van der Waals surface area contributed by atoms with Crippen molar-refractivity contribution in [2.24, 2.45) is 46.3 Å². The average molecular weight is 285 g/mol. The lowest BCUT2D eigenvalue weighted by Gasteiger charge is -2.71. The second-order valence-corrected chi connectivity index (χ2v) is 10.4. The molecule has 0 spiro atoms. The molecule has 21 heavy (non-hydrogen) atoms. The average Bonchev–Trinajstić information content (AvgIpc) is 2.42. The third-order valence-corrected chi connectivity index (χ3v) is 9.31. The van der Waals surface area contributed by atoms with Gasteiger partial charge in [-0.2, -0.15) is 0 Å². The smallest absolute Gasteiger partial charge is 0.102 e. The van der Waals surface area contributed by atoms with E-state index in [1.807, 2.05) is 0 Å². The first-order chi connectivity index (χ1) is 10.2. The summed E-state index contributed by atoms with van der Waals surface area (Å²) < 4.78 is 0. The normalized spacial score (nSPS) is 67.0. The molecule has 8 bridgehead atoms. The van der Waals surface area contributed by atoms with E-state index in [0.717, 1.165) is 29.6 Å². The van der Waals surface area contributed by atoms with Crippen LogP contribution in [0.1, 0.15) is 70.6 Å². The van der Waals surface area contributed by atoms with Crippen molar-refractivity contribution in [1.29, 1.82) is 0 Å². The SMILES string of the molecule is [O]C1C2CC3CC(C2)CC1(C12CC4CC(CC(C4)C1)C2)C3. The zero-order chi connectivity index (χ0) is 13.8. The van der Waals surface area contributed by atoms with Crippen LogP contribution >= 0.6 is 0 Å². The van der Waals surface area contributed by atoms with Gasteiger partial charge in [-0.15, -0.1) is 0 Å². The van der Waals surface area contributed by atoms with E-state index in [4.69, 9.17) is 0 Å². The van der Waals surface area contributed by atoms with E-state index in [-0.39, 0.29) is 11.5 Å². The lowest BCUT2D eigenvalue weighted by Crippen LogP contribution is -2.66. The Kier molecular flexibility index (Phi) is 2.19. The van der Waals surface area contributed by atoms with E-state index >= 15 is 0 Å². The van der Waals surface area contributed by atoms with E-state index < -0.39 is 0 Å². The molecule has 0 saturated heterocycles. The Morgan fingerprint density at radius 3 is 1.48 bits per heavy atom. The zero-order valence-electron chi connectivity index (χ0n) is 13.2. The van der Waals surface area contributed by atoms with Crippen LogP contribution < -0.4 is 0 Å². The maximum Gasteiger partial charge on any atom is 0.102 e. The minimum Gasteiger partial charge on any atom is -0.232 e. The van der Waals surface area contributed by atoms with Gasteiger partial charge in [0.25, 0.3) is 0 Å². The highest BCUT2D eigenvalue weighted by Gasteiger charge is 2.68. The monoisotopic (exact) mass is 285 g/mol. The molecule has 8 rings (SSSR count). The molecule has 1 radical (unpaired) electrons. The summed E-state index contributed by atoms with van der Waals surface area (Å²) >= 11 is 0.